The molecule has 1 aliphatic heterocycles. The number of aromatic nitrogens is 3. The van der Waals surface area contributed by atoms with Gasteiger partial charge in [0.1, 0.15) is 11.4 Å². The van der Waals surface area contributed by atoms with Crippen LogP contribution in [0.3, 0.4) is 0 Å². The maximum atomic E-state index is 13.1. The van der Waals surface area contributed by atoms with E-state index in [9.17, 15) is 31.1 Å². The standard InChI is InChI=1S/C24H25F6N5O2/c1-22(2,3)34-9-7-15(8-10-34)35-13-14-11-18(19(12-17(14)33-35)37-24(28,29)30)32-21(36)16-5-4-6-20(31-16)23(25,26)27/h4-6,11-13,15H,7-10H2,1-3H3,(H,32,36). The zero-order valence-electron chi connectivity index (χ0n) is 20.2. The number of ether oxygens (including phenoxy) is 1. The molecule has 1 saturated heterocycles. The average molecular weight is 529 g/mol. The highest BCUT2D eigenvalue weighted by molar-refractivity contribution is 6.05. The van der Waals surface area contributed by atoms with E-state index in [-0.39, 0.29) is 22.8 Å². The molecule has 0 unspecified atom stereocenters. The van der Waals surface area contributed by atoms with Gasteiger partial charge in [0.15, 0.2) is 5.75 Å². The number of likely N-dealkylation sites (tertiary alicyclic amines) is 1. The first-order valence-electron chi connectivity index (χ1n) is 11.5. The monoisotopic (exact) mass is 529 g/mol. The van der Waals surface area contributed by atoms with Crippen LogP contribution in [0.25, 0.3) is 10.9 Å². The third kappa shape index (κ3) is 6.32. The number of carbonyl (C=O) groups is 1. The molecular weight excluding hydrogens is 504 g/mol. The van der Waals surface area contributed by atoms with Crippen molar-refractivity contribution in [2.24, 2.45) is 0 Å². The van der Waals surface area contributed by atoms with Gasteiger partial charge in [0.25, 0.3) is 5.91 Å². The molecule has 1 aliphatic rings. The number of hydrogen-bond donors (Lipinski definition) is 1. The number of alkyl halides is 6. The number of benzene rings is 1. The van der Waals surface area contributed by atoms with E-state index in [0.717, 1.165) is 44.1 Å². The average Bonchev–Trinajstić information content (AvgIpc) is 3.20. The molecule has 37 heavy (non-hydrogen) atoms. The van der Waals surface area contributed by atoms with E-state index >= 15 is 0 Å². The molecular formula is C24H25F6N5O2. The van der Waals surface area contributed by atoms with Gasteiger partial charge in [0.05, 0.1) is 17.2 Å². The van der Waals surface area contributed by atoms with E-state index in [1.807, 2.05) is 0 Å². The fraction of sp³-hybridized carbons (Fsp3) is 0.458. The third-order valence-electron chi connectivity index (χ3n) is 6.16. The summed E-state index contributed by atoms with van der Waals surface area (Å²) >= 11 is 0. The van der Waals surface area contributed by atoms with E-state index in [4.69, 9.17) is 0 Å². The van der Waals surface area contributed by atoms with E-state index < -0.39 is 35.6 Å². The highest BCUT2D eigenvalue weighted by Crippen LogP contribution is 2.36. The van der Waals surface area contributed by atoms with Gasteiger partial charge in [-0.25, -0.2) is 4.98 Å². The van der Waals surface area contributed by atoms with Crippen LogP contribution in [0.4, 0.5) is 32.0 Å². The normalized spacial score (nSPS) is 16.2. The number of anilines is 1. The Morgan fingerprint density at radius 3 is 2.32 bits per heavy atom. The van der Waals surface area contributed by atoms with Gasteiger partial charge < -0.3 is 10.1 Å². The van der Waals surface area contributed by atoms with Gasteiger partial charge >= 0.3 is 12.5 Å². The van der Waals surface area contributed by atoms with Crippen molar-refractivity contribution in [2.45, 2.75) is 57.7 Å². The smallest absolute Gasteiger partial charge is 0.403 e. The summed E-state index contributed by atoms with van der Waals surface area (Å²) in [5.74, 6) is -1.87. The summed E-state index contributed by atoms with van der Waals surface area (Å²) in [6, 6.07) is 5.01. The Kier molecular flexibility index (Phi) is 6.86. The van der Waals surface area contributed by atoms with Crippen LogP contribution in [0.15, 0.2) is 36.5 Å². The van der Waals surface area contributed by atoms with Crippen molar-refractivity contribution in [1.82, 2.24) is 19.7 Å². The number of fused-ring (bicyclic) bond motifs is 1. The summed E-state index contributed by atoms with van der Waals surface area (Å²) in [6.07, 6.45) is -6.62. The van der Waals surface area contributed by atoms with Crippen LogP contribution in [0.5, 0.6) is 5.75 Å². The van der Waals surface area contributed by atoms with Crippen molar-refractivity contribution < 1.29 is 35.9 Å². The minimum absolute atomic E-state index is 0.0191. The second-order valence-corrected chi connectivity index (χ2v) is 9.81. The number of halogens is 6. The van der Waals surface area contributed by atoms with Crippen molar-refractivity contribution in [3.8, 4) is 5.75 Å². The molecule has 1 aromatic carbocycles. The SMILES string of the molecule is CC(C)(C)N1CCC(n2cc3cc(NC(=O)c4cccc(C(F)(F)F)n4)c(OC(F)(F)F)cc3n2)CC1. The Bertz CT molecular complexity index is 1290. The number of carbonyl (C=O) groups excluding carboxylic acids is 1. The molecule has 0 saturated carbocycles. The van der Waals surface area contributed by atoms with Gasteiger partial charge in [-0.3, -0.25) is 14.4 Å². The Morgan fingerprint density at radius 2 is 1.73 bits per heavy atom. The first-order valence-corrected chi connectivity index (χ1v) is 11.5. The summed E-state index contributed by atoms with van der Waals surface area (Å²) in [5, 5.41) is 7.06. The number of nitrogens with zero attached hydrogens (tertiary/aromatic N) is 4. The molecule has 0 bridgehead atoms. The third-order valence-corrected chi connectivity index (χ3v) is 6.16. The van der Waals surface area contributed by atoms with Gasteiger partial charge in [-0.05, 0) is 51.8 Å². The second kappa shape index (κ2) is 9.51. The molecule has 1 fully saturated rings. The number of nitrogens with one attached hydrogen (secondary N) is 1. The van der Waals surface area contributed by atoms with Crippen LogP contribution >= 0.6 is 0 Å². The number of piperidine rings is 1. The lowest BCUT2D eigenvalue weighted by Gasteiger charge is -2.40. The van der Waals surface area contributed by atoms with Gasteiger partial charge in [0.2, 0.25) is 0 Å². The van der Waals surface area contributed by atoms with Gasteiger partial charge in [-0.2, -0.15) is 18.3 Å². The molecule has 1 amide bonds. The molecule has 7 nitrogen and oxygen atoms in total. The molecule has 2 aromatic heterocycles. The minimum atomic E-state index is -5.08. The molecule has 3 heterocycles. The van der Waals surface area contributed by atoms with E-state index in [1.54, 1.807) is 10.9 Å². The van der Waals surface area contributed by atoms with E-state index in [2.05, 4.69) is 45.8 Å². The summed E-state index contributed by atoms with van der Waals surface area (Å²) in [5.41, 5.74) is -2.07. The van der Waals surface area contributed by atoms with Crippen LogP contribution in [0.1, 0.15) is 55.8 Å². The zero-order valence-corrected chi connectivity index (χ0v) is 20.2. The zero-order chi connectivity index (χ0) is 27.2. The van der Waals surface area contributed by atoms with Crippen molar-refractivity contribution in [3.05, 3.63) is 47.9 Å². The Balaban J connectivity index is 1.63. The highest BCUT2D eigenvalue weighted by atomic mass is 19.4. The quantitative estimate of drug-likeness (QED) is 0.418. The molecule has 3 aromatic rings. The summed E-state index contributed by atoms with van der Waals surface area (Å²) in [7, 11) is 0. The van der Waals surface area contributed by atoms with Gasteiger partial charge in [-0.15, -0.1) is 13.2 Å². The fourth-order valence-electron chi connectivity index (χ4n) is 4.27. The molecule has 4 rings (SSSR count). The minimum Gasteiger partial charge on any atom is -0.403 e. The number of amides is 1. The van der Waals surface area contributed by atoms with Crippen LogP contribution in [-0.4, -0.2) is 50.6 Å². The second-order valence-electron chi connectivity index (χ2n) is 9.81. The summed E-state index contributed by atoms with van der Waals surface area (Å²) in [6.45, 7) is 8.05. The van der Waals surface area contributed by atoms with Crippen molar-refractivity contribution in [3.63, 3.8) is 0 Å². The molecule has 0 aliphatic carbocycles. The Labute approximate surface area is 208 Å². The van der Waals surface area contributed by atoms with Crippen molar-refractivity contribution in [2.75, 3.05) is 18.4 Å². The van der Waals surface area contributed by atoms with Crippen LogP contribution < -0.4 is 10.1 Å². The van der Waals surface area contributed by atoms with E-state index in [0.29, 0.717) is 11.5 Å². The lowest BCUT2D eigenvalue weighted by molar-refractivity contribution is -0.274. The Morgan fingerprint density at radius 1 is 1.05 bits per heavy atom. The van der Waals surface area contributed by atoms with Gasteiger partial charge in [-0.1, -0.05) is 6.07 Å². The maximum absolute atomic E-state index is 13.1. The van der Waals surface area contributed by atoms with Crippen LogP contribution in [0, 0.1) is 0 Å². The molecule has 1 N–H and O–H groups in total. The largest absolute Gasteiger partial charge is 0.573 e. The summed E-state index contributed by atoms with van der Waals surface area (Å²) in [4.78, 5) is 18.2. The number of pyridine rings is 1. The molecule has 0 spiro atoms. The van der Waals surface area contributed by atoms with Crippen LogP contribution in [0.2, 0.25) is 0 Å². The first-order chi connectivity index (χ1) is 17.1. The molecule has 200 valence electrons. The summed E-state index contributed by atoms with van der Waals surface area (Å²) < 4.78 is 84.0. The van der Waals surface area contributed by atoms with Crippen molar-refractivity contribution >= 4 is 22.5 Å². The van der Waals surface area contributed by atoms with Gasteiger partial charge in [0, 0.05) is 36.3 Å². The topological polar surface area (TPSA) is 72.3 Å². The molecule has 0 radical (unpaired) electrons. The van der Waals surface area contributed by atoms with E-state index in [1.165, 1.54) is 6.07 Å². The van der Waals surface area contributed by atoms with Crippen molar-refractivity contribution in [1.29, 1.82) is 0 Å². The lowest BCUT2D eigenvalue weighted by Crippen LogP contribution is -2.46. The maximum Gasteiger partial charge on any atom is 0.573 e. The Hall–Kier alpha value is -3.35. The first kappa shape index (κ1) is 26.7. The predicted octanol–water partition coefficient (Wildman–Crippen LogP) is 6.04. The fourth-order valence-corrected chi connectivity index (χ4v) is 4.27. The predicted molar refractivity (Wildman–Crippen MR) is 123 cm³/mol. The molecule has 0 atom stereocenters. The molecule has 13 heteroatoms. The number of rotatable bonds is 4. The highest BCUT2D eigenvalue weighted by Gasteiger charge is 2.35. The van der Waals surface area contributed by atoms with Crippen LogP contribution in [-0.2, 0) is 6.18 Å². The lowest BCUT2D eigenvalue weighted by atomic mass is 9.98. The number of hydrogen-bond acceptors (Lipinski definition) is 5.